The lowest BCUT2D eigenvalue weighted by Crippen LogP contribution is -2.42. The van der Waals surface area contributed by atoms with Crippen LogP contribution in [-0.4, -0.2) is 12.6 Å². The maximum Gasteiger partial charge on any atom is 0.129 e. The molecule has 0 spiro atoms. The van der Waals surface area contributed by atoms with Gasteiger partial charge in [0, 0.05) is 11.6 Å². The standard InChI is InChI=1S/C15H23F2N/c1-5-9-18-14(15(2,3)4)10-11-12(16)7-6-8-13(11)17/h6-8,14,18H,5,9-10H2,1-4H3. The van der Waals surface area contributed by atoms with Crippen molar-refractivity contribution in [3.05, 3.63) is 35.4 Å². The minimum absolute atomic E-state index is 0.0378. The molecule has 0 radical (unpaired) electrons. The van der Waals surface area contributed by atoms with Gasteiger partial charge in [0.25, 0.3) is 0 Å². The largest absolute Gasteiger partial charge is 0.313 e. The second-order valence-electron chi connectivity index (χ2n) is 5.78. The van der Waals surface area contributed by atoms with Crippen LogP contribution in [0.4, 0.5) is 8.78 Å². The van der Waals surface area contributed by atoms with E-state index >= 15 is 0 Å². The molecule has 1 aromatic carbocycles. The second-order valence-corrected chi connectivity index (χ2v) is 5.78. The molecule has 0 amide bonds. The molecule has 0 bridgehead atoms. The lowest BCUT2D eigenvalue weighted by molar-refractivity contribution is 0.263. The quantitative estimate of drug-likeness (QED) is 0.841. The van der Waals surface area contributed by atoms with Crippen molar-refractivity contribution in [3.63, 3.8) is 0 Å². The Bertz CT molecular complexity index is 362. The summed E-state index contributed by atoms with van der Waals surface area (Å²) in [6.07, 6.45) is 1.38. The molecule has 1 unspecified atom stereocenters. The van der Waals surface area contributed by atoms with E-state index in [9.17, 15) is 8.78 Å². The number of hydrogen-bond donors (Lipinski definition) is 1. The molecular weight excluding hydrogens is 232 g/mol. The lowest BCUT2D eigenvalue weighted by atomic mass is 9.82. The summed E-state index contributed by atoms with van der Waals surface area (Å²) in [4.78, 5) is 0. The van der Waals surface area contributed by atoms with E-state index < -0.39 is 11.6 Å². The Morgan fingerprint density at radius 1 is 1.17 bits per heavy atom. The molecule has 0 fully saturated rings. The van der Waals surface area contributed by atoms with Crippen molar-refractivity contribution in [2.24, 2.45) is 5.41 Å². The van der Waals surface area contributed by atoms with Crippen molar-refractivity contribution >= 4 is 0 Å². The van der Waals surface area contributed by atoms with E-state index in [2.05, 4.69) is 33.0 Å². The highest BCUT2D eigenvalue weighted by Crippen LogP contribution is 2.25. The van der Waals surface area contributed by atoms with Gasteiger partial charge in [-0.05, 0) is 36.9 Å². The SMILES string of the molecule is CCCNC(Cc1c(F)cccc1F)C(C)(C)C. The van der Waals surface area contributed by atoms with Crippen LogP contribution in [0.5, 0.6) is 0 Å². The minimum atomic E-state index is -0.456. The zero-order valence-corrected chi connectivity index (χ0v) is 11.7. The van der Waals surface area contributed by atoms with Gasteiger partial charge in [0.1, 0.15) is 11.6 Å². The predicted octanol–water partition coefficient (Wildman–Crippen LogP) is 3.92. The first-order valence-electron chi connectivity index (χ1n) is 6.52. The third-order valence-electron chi connectivity index (χ3n) is 3.16. The van der Waals surface area contributed by atoms with Gasteiger partial charge < -0.3 is 5.32 Å². The molecule has 0 aliphatic rings. The lowest BCUT2D eigenvalue weighted by Gasteiger charge is -2.32. The normalized spacial score (nSPS) is 13.7. The van der Waals surface area contributed by atoms with Crippen LogP contribution >= 0.6 is 0 Å². The first kappa shape index (κ1) is 15.1. The Morgan fingerprint density at radius 3 is 2.17 bits per heavy atom. The van der Waals surface area contributed by atoms with E-state index in [0.29, 0.717) is 6.42 Å². The topological polar surface area (TPSA) is 12.0 Å². The Morgan fingerprint density at radius 2 is 1.72 bits per heavy atom. The van der Waals surface area contributed by atoms with Gasteiger partial charge in [0.2, 0.25) is 0 Å². The van der Waals surface area contributed by atoms with Gasteiger partial charge in [-0.2, -0.15) is 0 Å². The fourth-order valence-electron chi connectivity index (χ4n) is 1.93. The average Bonchev–Trinajstić information content (AvgIpc) is 2.26. The van der Waals surface area contributed by atoms with E-state index in [1.807, 2.05) is 0 Å². The van der Waals surface area contributed by atoms with Crippen LogP contribution < -0.4 is 5.32 Å². The Balaban J connectivity index is 2.89. The van der Waals surface area contributed by atoms with Crippen LogP contribution in [0, 0.1) is 17.0 Å². The number of halogens is 2. The van der Waals surface area contributed by atoms with Gasteiger partial charge in [-0.15, -0.1) is 0 Å². The maximum absolute atomic E-state index is 13.7. The van der Waals surface area contributed by atoms with Crippen LogP contribution in [-0.2, 0) is 6.42 Å². The summed E-state index contributed by atoms with van der Waals surface area (Å²) in [6.45, 7) is 9.19. The van der Waals surface area contributed by atoms with Gasteiger partial charge in [-0.1, -0.05) is 33.8 Å². The van der Waals surface area contributed by atoms with E-state index in [1.54, 1.807) is 0 Å². The van der Waals surface area contributed by atoms with E-state index in [4.69, 9.17) is 0 Å². The summed E-state index contributed by atoms with van der Waals surface area (Å²) < 4.78 is 27.3. The van der Waals surface area contributed by atoms with Crippen molar-refractivity contribution in [1.29, 1.82) is 0 Å². The van der Waals surface area contributed by atoms with Crippen molar-refractivity contribution in [2.75, 3.05) is 6.54 Å². The van der Waals surface area contributed by atoms with E-state index in [0.717, 1.165) is 13.0 Å². The fraction of sp³-hybridized carbons (Fsp3) is 0.600. The third kappa shape index (κ3) is 4.05. The molecule has 0 aliphatic carbocycles. The highest BCUT2D eigenvalue weighted by Gasteiger charge is 2.26. The molecule has 0 heterocycles. The molecule has 1 aromatic rings. The first-order valence-corrected chi connectivity index (χ1v) is 6.52. The van der Waals surface area contributed by atoms with Gasteiger partial charge in [-0.3, -0.25) is 0 Å². The second kappa shape index (κ2) is 6.28. The molecule has 102 valence electrons. The summed E-state index contributed by atoms with van der Waals surface area (Å²) in [6, 6.07) is 4.10. The van der Waals surface area contributed by atoms with Crippen LogP contribution in [0.25, 0.3) is 0 Å². The molecule has 1 rings (SSSR count). The number of hydrogen-bond acceptors (Lipinski definition) is 1. The Labute approximate surface area is 109 Å². The first-order chi connectivity index (χ1) is 8.36. The number of rotatable bonds is 5. The van der Waals surface area contributed by atoms with Gasteiger partial charge in [-0.25, -0.2) is 8.78 Å². The zero-order chi connectivity index (χ0) is 13.8. The molecule has 3 heteroatoms. The molecular formula is C15H23F2N. The molecule has 1 nitrogen and oxygen atoms in total. The Kier molecular flexibility index (Phi) is 5.27. The van der Waals surface area contributed by atoms with Crippen molar-refractivity contribution in [1.82, 2.24) is 5.32 Å². The summed E-state index contributed by atoms with van der Waals surface area (Å²) in [5.74, 6) is -0.912. The van der Waals surface area contributed by atoms with Crippen LogP contribution in [0.1, 0.15) is 39.7 Å². The monoisotopic (exact) mass is 255 g/mol. The highest BCUT2D eigenvalue weighted by molar-refractivity contribution is 5.21. The van der Waals surface area contributed by atoms with Gasteiger partial charge >= 0.3 is 0 Å². The Hall–Kier alpha value is -0.960. The maximum atomic E-state index is 13.7. The summed E-state index contributed by atoms with van der Waals surface area (Å²) >= 11 is 0. The minimum Gasteiger partial charge on any atom is -0.313 e. The highest BCUT2D eigenvalue weighted by atomic mass is 19.1. The molecule has 0 aliphatic heterocycles. The molecule has 1 atom stereocenters. The van der Waals surface area contributed by atoms with Crippen molar-refractivity contribution < 1.29 is 8.78 Å². The third-order valence-corrected chi connectivity index (χ3v) is 3.16. The van der Waals surface area contributed by atoms with E-state index in [-0.39, 0.29) is 17.0 Å². The van der Waals surface area contributed by atoms with Crippen LogP contribution in [0.2, 0.25) is 0 Å². The van der Waals surface area contributed by atoms with Gasteiger partial charge in [0.15, 0.2) is 0 Å². The van der Waals surface area contributed by atoms with Gasteiger partial charge in [0.05, 0.1) is 0 Å². The predicted molar refractivity (Wildman–Crippen MR) is 71.6 cm³/mol. The summed E-state index contributed by atoms with van der Waals surface area (Å²) in [5, 5.41) is 3.38. The molecule has 18 heavy (non-hydrogen) atoms. The average molecular weight is 255 g/mol. The number of benzene rings is 1. The van der Waals surface area contributed by atoms with Crippen molar-refractivity contribution in [2.45, 2.75) is 46.6 Å². The van der Waals surface area contributed by atoms with Crippen LogP contribution in [0.15, 0.2) is 18.2 Å². The number of nitrogens with one attached hydrogen (secondary N) is 1. The molecule has 0 aromatic heterocycles. The fourth-order valence-corrected chi connectivity index (χ4v) is 1.93. The van der Waals surface area contributed by atoms with Crippen LogP contribution in [0.3, 0.4) is 0 Å². The smallest absolute Gasteiger partial charge is 0.129 e. The zero-order valence-electron chi connectivity index (χ0n) is 11.7. The molecule has 0 saturated heterocycles. The molecule has 1 N–H and O–H groups in total. The summed E-state index contributed by atoms with van der Waals surface area (Å²) in [7, 11) is 0. The van der Waals surface area contributed by atoms with Crippen molar-refractivity contribution in [3.8, 4) is 0 Å². The van der Waals surface area contributed by atoms with E-state index in [1.165, 1.54) is 18.2 Å². The molecule has 0 saturated carbocycles. The summed E-state index contributed by atoms with van der Waals surface area (Å²) in [5.41, 5.74) is 0.144.